The van der Waals surface area contributed by atoms with Crippen LogP contribution in [-0.4, -0.2) is 69.7 Å². The average molecular weight is 604 g/mol. The van der Waals surface area contributed by atoms with Crippen molar-refractivity contribution in [3.8, 4) is 16.9 Å². The molecule has 0 unspecified atom stereocenters. The largest absolute Gasteiger partial charge is 0.490 e. The van der Waals surface area contributed by atoms with Crippen molar-refractivity contribution in [3.63, 3.8) is 0 Å². The lowest BCUT2D eigenvalue weighted by atomic mass is 10.0. The molecule has 1 aliphatic rings. The van der Waals surface area contributed by atoms with Crippen molar-refractivity contribution in [1.29, 1.82) is 0 Å². The number of imide groups is 1. The van der Waals surface area contributed by atoms with Crippen LogP contribution in [0.1, 0.15) is 39.6 Å². The van der Waals surface area contributed by atoms with Crippen LogP contribution in [0.2, 0.25) is 0 Å². The second-order valence-corrected chi connectivity index (χ2v) is 11.0. The van der Waals surface area contributed by atoms with Gasteiger partial charge >= 0.3 is 0 Å². The summed E-state index contributed by atoms with van der Waals surface area (Å²) in [6.45, 7) is 3.20. The van der Waals surface area contributed by atoms with Gasteiger partial charge in [0.15, 0.2) is 0 Å². The van der Waals surface area contributed by atoms with Crippen LogP contribution in [-0.2, 0) is 11.3 Å². The standard InChI is InChI=1S/C34H33N7O4/c1-4-29(42)39-27-17-22(11-14-28(27)45-16-15-40(2)3)26-18-35-31-30(26)32(37-20-36-31)38-23-12-9-21(10-13-23)19-41-33(43)24-7-5-6-8-25(24)34(41)44/h5-14,17-18,20H,4,15-16,19H2,1-3H3,(H,39,42)(H2,35,36,37,38). The predicted octanol–water partition coefficient (Wildman–Crippen LogP) is 5.45. The first-order valence-electron chi connectivity index (χ1n) is 14.7. The van der Waals surface area contributed by atoms with Crippen LogP contribution in [0.15, 0.2) is 79.3 Å². The lowest BCUT2D eigenvalue weighted by molar-refractivity contribution is -0.115. The third kappa shape index (κ3) is 6.11. The minimum Gasteiger partial charge on any atom is -0.490 e. The molecular formula is C34H33N7O4. The first kappa shape index (κ1) is 29.5. The number of aromatic amines is 1. The molecule has 3 amide bonds. The van der Waals surface area contributed by atoms with Crippen LogP contribution in [0.25, 0.3) is 22.2 Å². The van der Waals surface area contributed by atoms with Crippen molar-refractivity contribution < 1.29 is 19.1 Å². The van der Waals surface area contributed by atoms with E-state index in [1.54, 1.807) is 31.2 Å². The van der Waals surface area contributed by atoms with E-state index in [0.717, 1.165) is 34.3 Å². The Morgan fingerprint density at radius 3 is 2.38 bits per heavy atom. The van der Waals surface area contributed by atoms with E-state index in [-0.39, 0.29) is 24.3 Å². The number of ether oxygens (including phenoxy) is 1. The summed E-state index contributed by atoms with van der Waals surface area (Å²) in [6, 6.07) is 20.1. The number of nitrogens with zero attached hydrogens (tertiary/aromatic N) is 4. The molecule has 0 atom stereocenters. The Balaban J connectivity index is 1.24. The second-order valence-electron chi connectivity index (χ2n) is 11.0. The summed E-state index contributed by atoms with van der Waals surface area (Å²) in [5.74, 6) is 0.507. The van der Waals surface area contributed by atoms with Gasteiger partial charge in [-0.15, -0.1) is 0 Å². The number of benzene rings is 3. The Morgan fingerprint density at radius 1 is 0.956 bits per heavy atom. The highest BCUT2D eigenvalue weighted by atomic mass is 16.5. The number of anilines is 3. The minimum atomic E-state index is -0.285. The molecule has 5 aromatic rings. The van der Waals surface area contributed by atoms with Crippen molar-refractivity contribution >= 4 is 45.9 Å². The lowest BCUT2D eigenvalue weighted by Gasteiger charge is -2.16. The van der Waals surface area contributed by atoms with Gasteiger partial charge < -0.3 is 25.3 Å². The maximum atomic E-state index is 12.8. The molecular weight excluding hydrogens is 570 g/mol. The fourth-order valence-corrected chi connectivity index (χ4v) is 5.18. The van der Waals surface area contributed by atoms with E-state index in [4.69, 9.17) is 4.74 Å². The fourth-order valence-electron chi connectivity index (χ4n) is 5.18. The molecule has 1 aliphatic heterocycles. The average Bonchev–Trinajstić information content (AvgIpc) is 3.58. The molecule has 45 heavy (non-hydrogen) atoms. The SMILES string of the molecule is CCC(=O)Nc1cc(-c2c[nH]c3ncnc(Nc4ccc(CN5C(=O)c6ccccc6C5=O)cc4)c23)ccc1OCCN(C)C. The van der Waals surface area contributed by atoms with Gasteiger partial charge in [-0.2, -0.15) is 0 Å². The van der Waals surface area contributed by atoms with Gasteiger partial charge in [-0.25, -0.2) is 9.97 Å². The number of carbonyl (C=O) groups excluding carboxylic acids is 3. The summed E-state index contributed by atoms with van der Waals surface area (Å²) in [5.41, 5.74) is 5.39. The van der Waals surface area contributed by atoms with E-state index in [2.05, 4.69) is 25.6 Å². The number of hydrogen-bond donors (Lipinski definition) is 3. The molecule has 0 bridgehead atoms. The molecule has 6 rings (SSSR count). The number of rotatable bonds is 11. The second kappa shape index (κ2) is 12.6. The van der Waals surface area contributed by atoms with Crippen molar-refractivity contribution in [1.82, 2.24) is 24.8 Å². The third-order valence-corrected chi connectivity index (χ3v) is 7.59. The molecule has 0 spiro atoms. The van der Waals surface area contributed by atoms with Crippen LogP contribution < -0.4 is 15.4 Å². The van der Waals surface area contributed by atoms with Crippen LogP contribution in [0.4, 0.5) is 17.2 Å². The van der Waals surface area contributed by atoms with Gasteiger partial charge in [0.2, 0.25) is 5.91 Å². The van der Waals surface area contributed by atoms with Gasteiger partial charge in [0.05, 0.1) is 28.7 Å². The molecule has 0 saturated heterocycles. The van der Waals surface area contributed by atoms with Gasteiger partial charge in [-0.3, -0.25) is 19.3 Å². The van der Waals surface area contributed by atoms with E-state index in [1.807, 2.05) is 67.7 Å². The predicted molar refractivity (Wildman–Crippen MR) is 173 cm³/mol. The summed E-state index contributed by atoms with van der Waals surface area (Å²) in [4.78, 5) is 53.4. The Morgan fingerprint density at radius 2 is 1.69 bits per heavy atom. The highest BCUT2D eigenvalue weighted by Crippen LogP contribution is 2.37. The molecule has 0 aliphatic carbocycles. The molecule has 3 N–H and O–H groups in total. The van der Waals surface area contributed by atoms with Crippen molar-refractivity contribution in [2.75, 3.05) is 37.9 Å². The van der Waals surface area contributed by atoms with Crippen LogP contribution in [0.3, 0.4) is 0 Å². The van der Waals surface area contributed by atoms with E-state index >= 15 is 0 Å². The molecule has 11 heteroatoms. The summed E-state index contributed by atoms with van der Waals surface area (Å²) >= 11 is 0. The maximum Gasteiger partial charge on any atom is 0.261 e. The summed E-state index contributed by atoms with van der Waals surface area (Å²) in [5, 5.41) is 7.13. The number of fused-ring (bicyclic) bond motifs is 2. The number of nitrogens with one attached hydrogen (secondary N) is 3. The molecule has 11 nitrogen and oxygen atoms in total. The Bertz CT molecular complexity index is 1860. The molecule has 3 heterocycles. The highest BCUT2D eigenvalue weighted by Gasteiger charge is 2.34. The molecule has 0 saturated carbocycles. The Labute approximate surface area is 260 Å². The zero-order valence-electron chi connectivity index (χ0n) is 25.3. The first-order valence-corrected chi connectivity index (χ1v) is 14.7. The smallest absolute Gasteiger partial charge is 0.261 e. The van der Waals surface area contributed by atoms with Crippen LogP contribution in [0, 0.1) is 0 Å². The number of likely N-dealkylation sites (N-methyl/N-ethyl adjacent to an activating group) is 1. The number of H-pyrrole nitrogens is 1. The van der Waals surface area contributed by atoms with Crippen molar-refractivity contribution in [2.24, 2.45) is 0 Å². The zero-order chi connectivity index (χ0) is 31.5. The van der Waals surface area contributed by atoms with E-state index in [0.29, 0.717) is 47.1 Å². The monoisotopic (exact) mass is 603 g/mol. The van der Waals surface area contributed by atoms with E-state index < -0.39 is 0 Å². The summed E-state index contributed by atoms with van der Waals surface area (Å²) < 4.78 is 5.99. The topological polar surface area (TPSA) is 133 Å². The van der Waals surface area contributed by atoms with Crippen molar-refractivity contribution in [3.05, 3.63) is 95.9 Å². The Kier molecular flexibility index (Phi) is 8.26. The van der Waals surface area contributed by atoms with Gasteiger partial charge in [-0.05, 0) is 61.6 Å². The number of amides is 3. The highest BCUT2D eigenvalue weighted by molar-refractivity contribution is 6.21. The van der Waals surface area contributed by atoms with E-state index in [9.17, 15) is 14.4 Å². The first-order chi connectivity index (χ1) is 21.8. The number of hydrogen-bond acceptors (Lipinski definition) is 8. The van der Waals surface area contributed by atoms with Crippen LogP contribution >= 0.6 is 0 Å². The van der Waals surface area contributed by atoms with E-state index in [1.165, 1.54) is 11.2 Å². The third-order valence-electron chi connectivity index (χ3n) is 7.59. The maximum absolute atomic E-state index is 12.8. The quantitative estimate of drug-likeness (QED) is 0.170. The van der Waals surface area contributed by atoms with Gasteiger partial charge in [-0.1, -0.05) is 37.3 Å². The molecule has 3 aromatic carbocycles. The zero-order valence-corrected chi connectivity index (χ0v) is 25.3. The lowest BCUT2D eigenvalue weighted by Crippen LogP contribution is -2.29. The molecule has 0 radical (unpaired) electrons. The normalized spacial score (nSPS) is 12.6. The number of aromatic nitrogens is 3. The number of carbonyl (C=O) groups is 3. The molecule has 228 valence electrons. The summed E-state index contributed by atoms with van der Waals surface area (Å²) in [7, 11) is 3.95. The van der Waals surface area contributed by atoms with Gasteiger partial charge in [0.25, 0.3) is 11.8 Å². The van der Waals surface area contributed by atoms with Gasteiger partial charge in [0, 0.05) is 30.4 Å². The summed E-state index contributed by atoms with van der Waals surface area (Å²) in [6.07, 6.45) is 3.69. The molecule has 0 fully saturated rings. The van der Waals surface area contributed by atoms with Gasteiger partial charge in [0.1, 0.15) is 30.1 Å². The Hall–Kier alpha value is -5.55. The minimum absolute atomic E-state index is 0.110. The van der Waals surface area contributed by atoms with Crippen molar-refractivity contribution in [2.45, 2.75) is 19.9 Å². The van der Waals surface area contributed by atoms with Crippen LogP contribution in [0.5, 0.6) is 5.75 Å². The fraction of sp³-hybridized carbons (Fsp3) is 0.206. The molecule has 2 aromatic heterocycles.